The van der Waals surface area contributed by atoms with Crippen LogP contribution in [0.15, 0.2) is 22.0 Å². The van der Waals surface area contributed by atoms with E-state index in [4.69, 9.17) is 5.26 Å². The summed E-state index contributed by atoms with van der Waals surface area (Å²) in [6.45, 7) is 0. The average molecular weight is 152 g/mol. The van der Waals surface area contributed by atoms with Crippen LogP contribution in [-0.2, 0) is 0 Å². The van der Waals surface area contributed by atoms with E-state index >= 15 is 0 Å². The topological polar surface area (TPSA) is 56.6 Å². The normalized spacial score (nSPS) is 8.80. The van der Waals surface area contributed by atoms with Crippen LogP contribution >= 0.6 is 12.6 Å². The highest BCUT2D eigenvalue weighted by Gasteiger charge is 1.92. The molecule has 1 rings (SSSR count). The van der Waals surface area contributed by atoms with E-state index in [1.165, 1.54) is 12.1 Å². The molecule has 0 bridgehead atoms. The van der Waals surface area contributed by atoms with Gasteiger partial charge in [-0.15, -0.1) is 12.6 Å². The number of nitriles is 1. The van der Waals surface area contributed by atoms with Gasteiger partial charge in [-0.3, -0.25) is 4.79 Å². The molecule has 0 fully saturated rings. The van der Waals surface area contributed by atoms with Gasteiger partial charge in [0, 0.05) is 6.07 Å². The van der Waals surface area contributed by atoms with Gasteiger partial charge in [-0.05, 0) is 6.07 Å². The van der Waals surface area contributed by atoms with Crippen molar-refractivity contribution in [2.24, 2.45) is 0 Å². The molecule has 1 N–H and O–H groups in total. The maximum atomic E-state index is 10.6. The predicted molar refractivity (Wildman–Crippen MR) is 39.0 cm³/mol. The fourth-order valence-electron chi connectivity index (χ4n) is 0.593. The fraction of sp³-hybridized carbons (Fsp3) is 0. The minimum absolute atomic E-state index is 0.302. The Kier molecular flexibility index (Phi) is 1.78. The molecule has 0 atom stereocenters. The van der Waals surface area contributed by atoms with Gasteiger partial charge < -0.3 is 4.98 Å². The van der Waals surface area contributed by atoms with Gasteiger partial charge in [-0.1, -0.05) is 0 Å². The highest BCUT2D eigenvalue weighted by atomic mass is 32.1. The van der Waals surface area contributed by atoms with Gasteiger partial charge in [0.2, 0.25) is 5.56 Å². The van der Waals surface area contributed by atoms with Crippen LogP contribution in [0.1, 0.15) is 5.56 Å². The zero-order valence-corrected chi connectivity index (χ0v) is 5.85. The highest BCUT2D eigenvalue weighted by Crippen LogP contribution is 1.99. The SMILES string of the molecule is N#Cc1cc(S)[nH]c(=O)c1. The van der Waals surface area contributed by atoms with E-state index in [-0.39, 0.29) is 5.56 Å². The summed E-state index contributed by atoms with van der Waals surface area (Å²) in [5, 5.41) is 8.76. The third kappa shape index (κ3) is 1.39. The van der Waals surface area contributed by atoms with Crippen LogP contribution in [0.3, 0.4) is 0 Å². The molecule has 0 spiro atoms. The summed E-state index contributed by atoms with van der Waals surface area (Å²) in [5.41, 5.74) is 0.0257. The van der Waals surface area contributed by atoms with Crippen molar-refractivity contribution in [3.05, 3.63) is 28.0 Å². The predicted octanol–water partition coefficient (Wildman–Crippen LogP) is 0.535. The lowest BCUT2D eigenvalue weighted by atomic mass is 10.3. The van der Waals surface area contributed by atoms with Crippen molar-refractivity contribution < 1.29 is 0 Å². The summed E-state index contributed by atoms with van der Waals surface area (Å²) < 4.78 is 0. The van der Waals surface area contributed by atoms with Crippen molar-refractivity contribution >= 4 is 12.6 Å². The van der Waals surface area contributed by atoms with Crippen LogP contribution < -0.4 is 5.56 Å². The first kappa shape index (κ1) is 6.90. The van der Waals surface area contributed by atoms with E-state index in [1.807, 2.05) is 6.07 Å². The largest absolute Gasteiger partial charge is 0.317 e. The van der Waals surface area contributed by atoms with Crippen molar-refractivity contribution in [1.29, 1.82) is 5.26 Å². The third-order valence-corrected chi connectivity index (χ3v) is 1.20. The molecule has 0 aliphatic heterocycles. The number of hydrogen-bond donors (Lipinski definition) is 2. The van der Waals surface area contributed by atoms with Gasteiger partial charge in [0.25, 0.3) is 0 Å². The van der Waals surface area contributed by atoms with Gasteiger partial charge in [0.05, 0.1) is 16.7 Å². The lowest BCUT2D eigenvalue weighted by Gasteiger charge is -1.88. The summed E-state index contributed by atoms with van der Waals surface area (Å²) in [5.74, 6) is 0. The minimum Gasteiger partial charge on any atom is -0.317 e. The Bertz CT molecular complexity index is 336. The van der Waals surface area contributed by atoms with Crippen LogP contribution in [-0.4, -0.2) is 4.98 Å². The Hall–Kier alpha value is -1.21. The monoisotopic (exact) mass is 152 g/mol. The maximum Gasteiger partial charge on any atom is 0.250 e. The summed E-state index contributed by atoms with van der Waals surface area (Å²) in [7, 11) is 0. The second-order valence-electron chi connectivity index (χ2n) is 1.73. The van der Waals surface area contributed by atoms with Crippen LogP contribution in [0.2, 0.25) is 0 Å². The number of thiol groups is 1. The molecule has 0 aliphatic rings. The molecule has 4 heteroatoms. The zero-order valence-electron chi connectivity index (χ0n) is 4.96. The Morgan fingerprint density at radius 2 is 2.30 bits per heavy atom. The summed E-state index contributed by atoms with van der Waals surface area (Å²) in [4.78, 5) is 13.0. The number of nitrogens with zero attached hydrogens (tertiary/aromatic N) is 1. The van der Waals surface area contributed by atoms with E-state index in [0.29, 0.717) is 10.6 Å². The van der Waals surface area contributed by atoms with Crippen molar-refractivity contribution in [3.8, 4) is 6.07 Å². The summed E-state index contributed by atoms with van der Waals surface area (Å²) in [6.07, 6.45) is 0. The number of rotatable bonds is 0. The maximum absolute atomic E-state index is 10.6. The number of pyridine rings is 1. The Morgan fingerprint density at radius 1 is 1.60 bits per heavy atom. The van der Waals surface area contributed by atoms with Crippen LogP contribution in [0.25, 0.3) is 0 Å². The molecule has 0 aliphatic carbocycles. The standard InChI is InChI=1S/C6H4N2OS/c7-3-4-1-5(9)8-6(10)2-4/h1-2H,(H2,8,9,10). The fourth-order valence-corrected chi connectivity index (χ4v) is 0.842. The first-order valence-electron chi connectivity index (χ1n) is 2.56. The zero-order chi connectivity index (χ0) is 7.56. The lowest BCUT2D eigenvalue weighted by molar-refractivity contribution is 1.08. The molecule has 0 amide bonds. The first-order chi connectivity index (χ1) is 4.72. The van der Waals surface area contributed by atoms with Crippen molar-refractivity contribution in [2.75, 3.05) is 0 Å². The second kappa shape index (κ2) is 2.58. The van der Waals surface area contributed by atoms with Crippen LogP contribution in [0.4, 0.5) is 0 Å². The van der Waals surface area contributed by atoms with Gasteiger partial charge >= 0.3 is 0 Å². The molecule has 0 unspecified atom stereocenters. The number of H-pyrrole nitrogens is 1. The van der Waals surface area contributed by atoms with Crippen molar-refractivity contribution in [3.63, 3.8) is 0 Å². The molecule has 3 nitrogen and oxygen atoms in total. The second-order valence-corrected chi connectivity index (χ2v) is 2.21. The molecular weight excluding hydrogens is 148 g/mol. The Morgan fingerprint density at radius 3 is 2.80 bits per heavy atom. The van der Waals surface area contributed by atoms with Crippen molar-refractivity contribution in [2.45, 2.75) is 5.03 Å². The molecule has 1 aromatic heterocycles. The summed E-state index contributed by atoms with van der Waals surface area (Å²) >= 11 is 3.87. The van der Waals surface area contributed by atoms with Gasteiger partial charge in [-0.2, -0.15) is 5.26 Å². The molecule has 10 heavy (non-hydrogen) atoms. The summed E-state index contributed by atoms with van der Waals surface area (Å²) in [6, 6.07) is 4.55. The molecule has 0 radical (unpaired) electrons. The van der Waals surface area contributed by atoms with E-state index in [9.17, 15) is 4.79 Å². The Labute approximate surface area is 62.7 Å². The number of nitrogens with one attached hydrogen (secondary N) is 1. The smallest absolute Gasteiger partial charge is 0.250 e. The highest BCUT2D eigenvalue weighted by molar-refractivity contribution is 7.80. The third-order valence-electron chi connectivity index (χ3n) is 0.959. The van der Waals surface area contributed by atoms with E-state index in [0.717, 1.165) is 0 Å². The van der Waals surface area contributed by atoms with E-state index in [1.54, 1.807) is 0 Å². The lowest BCUT2D eigenvalue weighted by Crippen LogP contribution is -2.04. The van der Waals surface area contributed by atoms with Gasteiger partial charge in [0.1, 0.15) is 0 Å². The molecular formula is C6H4N2OS. The molecule has 0 saturated heterocycles. The molecule has 1 heterocycles. The molecule has 1 aromatic rings. The average Bonchev–Trinajstić information content (AvgIpc) is 1.85. The number of hydrogen-bond acceptors (Lipinski definition) is 3. The number of aromatic nitrogens is 1. The quantitative estimate of drug-likeness (QED) is 0.533. The van der Waals surface area contributed by atoms with Gasteiger partial charge in [0.15, 0.2) is 0 Å². The first-order valence-corrected chi connectivity index (χ1v) is 3.00. The molecule has 0 saturated carbocycles. The van der Waals surface area contributed by atoms with Gasteiger partial charge in [-0.25, -0.2) is 0 Å². The minimum atomic E-state index is -0.302. The molecule has 0 aromatic carbocycles. The van der Waals surface area contributed by atoms with E-state index in [2.05, 4.69) is 17.6 Å². The Balaban J connectivity index is 3.36. The van der Waals surface area contributed by atoms with Crippen LogP contribution in [0.5, 0.6) is 0 Å². The molecule has 50 valence electrons. The van der Waals surface area contributed by atoms with Crippen LogP contribution in [0, 0.1) is 11.3 Å². The van der Waals surface area contributed by atoms with Crippen molar-refractivity contribution in [1.82, 2.24) is 4.98 Å². The number of aromatic amines is 1. The van der Waals surface area contributed by atoms with E-state index < -0.39 is 0 Å².